The molecule has 1 aromatic rings. The Bertz CT molecular complexity index is 643. The maximum absolute atomic E-state index is 13.6. The van der Waals surface area contributed by atoms with Gasteiger partial charge in [-0.3, -0.25) is 18.1 Å². The Morgan fingerprint density at radius 2 is 1.10 bits per heavy atom. The van der Waals surface area contributed by atoms with E-state index in [1.807, 2.05) is 32.0 Å². The first-order valence-electron chi connectivity index (χ1n) is 11.6. The van der Waals surface area contributed by atoms with Crippen LogP contribution in [0.15, 0.2) is 34.8 Å². The van der Waals surface area contributed by atoms with Crippen LogP contribution in [0.4, 0.5) is 0 Å². The molecule has 0 aromatic heterocycles. The fourth-order valence-corrected chi connectivity index (χ4v) is 6.42. The Morgan fingerprint density at radius 1 is 0.677 bits per heavy atom. The Hall–Kier alpha value is -0.680. The van der Waals surface area contributed by atoms with Gasteiger partial charge in [0, 0.05) is 0 Å². The minimum absolute atomic E-state index is 0.290. The lowest BCUT2D eigenvalue weighted by Crippen LogP contribution is -2.07. The molecule has 180 valence electrons. The van der Waals surface area contributed by atoms with Crippen LogP contribution >= 0.6 is 15.5 Å². The molecule has 0 aliphatic heterocycles. The Labute approximate surface area is 189 Å². The van der Waals surface area contributed by atoms with Crippen LogP contribution in [0.5, 0.6) is 5.75 Å². The summed E-state index contributed by atoms with van der Waals surface area (Å²) >= 11 is 0. The van der Waals surface area contributed by atoms with Crippen molar-refractivity contribution in [2.24, 2.45) is 4.52 Å². The monoisotopic (exact) mass is 477 g/mol. The van der Waals surface area contributed by atoms with Gasteiger partial charge >= 0.3 is 15.5 Å². The summed E-state index contributed by atoms with van der Waals surface area (Å²) in [6.07, 6.45) is 6.85. The second kappa shape index (κ2) is 16.9. The van der Waals surface area contributed by atoms with Crippen LogP contribution in [0.2, 0.25) is 0 Å². The predicted molar refractivity (Wildman–Crippen MR) is 127 cm³/mol. The molecule has 0 N–H and O–H groups in total. The van der Waals surface area contributed by atoms with E-state index in [-0.39, 0.29) is 0 Å². The average molecular weight is 478 g/mol. The molecular formula is C22H41NO6P2. The number of nitrogens with zero attached hydrogens (tertiary/aromatic N) is 1. The Morgan fingerprint density at radius 3 is 1.52 bits per heavy atom. The number of para-hydroxylation sites is 1. The van der Waals surface area contributed by atoms with Crippen LogP contribution < -0.4 is 4.52 Å². The second-order valence-electron chi connectivity index (χ2n) is 7.18. The molecular weight excluding hydrogens is 436 g/mol. The summed E-state index contributed by atoms with van der Waals surface area (Å²) in [6, 6.07) is 9.22. The highest BCUT2D eigenvalue weighted by Gasteiger charge is 2.35. The normalized spacial score (nSPS) is 12.1. The fourth-order valence-electron chi connectivity index (χ4n) is 2.29. The molecule has 0 aliphatic carbocycles. The van der Waals surface area contributed by atoms with Gasteiger partial charge in [0.25, 0.3) is 0 Å². The predicted octanol–water partition coefficient (Wildman–Crippen LogP) is 8.39. The Kier molecular flexibility index (Phi) is 15.4. The maximum Gasteiger partial charge on any atom is 0.459 e. The first-order chi connectivity index (χ1) is 15.0. The summed E-state index contributed by atoms with van der Waals surface area (Å²) in [5.41, 5.74) is 0. The van der Waals surface area contributed by atoms with Crippen molar-refractivity contribution in [1.82, 2.24) is 0 Å². The lowest BCUT2D eigenvalue weighted by Gasteiger charge is -2.26. The molecule has 1 rings (SSSR count). The minimum atomic E-state index is -3.84. The molecule has 0 saturated carbocycles. The van der Waals surface area contributed by atoms with Crippen molar-refractivity contribution in [3.63, 3.8) is 0 Å². The first kappa shape index (κ1) is 28.4. The van der Waals surface area contributed by atoms with Gasteiger partial charge in [-0.15, -0.1) is 4.52 Å². The van der Waals surface area contributed by atoms with Crippen LogP contribution in [-0.2, 0) is 22.7 Å². The van der Waals surface area contributed by atoms with Gasteiger partial charge in [0.1, 0.15) is 5.75 Å². The van der Waals surface area contributed by atoms with Gasteiger partial charge in [-0.25, -0.2) is 4.57 Å². The number of benzene rings is 1. The van der Waals surface area contributed by atoms with E-state index >= 15 is 0 Å². The van der Waals surface area contributed by atoms with Crippen molar-refractivity contribution in [2.75, 3.05) is 26.4 Å². The molecule has 0 aliphatic rings. The summed E-state index contributed by atoms with van der Waals surface area (Å²) in [7, 11) is -7.22. The van der Waals surface area contributed by atoms with Crippen LogP contribution in [0.25, 0.3) is 0 Å². The summed E-state index contributed by atoms with van der Waals surface area (Å²) in [6.45, 7) is 9.58. The molecule has 9 heteroatoms. The van der Waals surface area contributed by atoms with Gasteiger partial charge in [-0.05, 0) is 37.8 Å². The summed E-state index contributed by atoms with van der Waals surface area (Å²) < 4.78 is 47.8. The zero-order valence-corrected chi connectivity index (χ0v) is 21.5. The van der Waals surface area contributed by atoms with E-state index in [2.05, 4.69) is 18.4 Å². The summed E-state index contributed by atoms with van der Waals surface area (Å²) in [5.74, 6) is 0.543. The quantitative estimate of drug-likeness (QED) is 0.147. The van der Waals surface area contributed by atoms with E-state index in [0.29, 0.717) is 32.2 Å². The maximum atomic E-state index is 13.6. The van der Waals surface area contributed by atoms with E-state index in [0.717, 1.165) is 51.4 Å². The Balaban J connectivity index is 3.33. The third-order valence-electron chi connectivity index (χ3n) is 4.19. The van der Waals surface area contributed by atoms with Crippen LogP contribution in [0, 0.1) is 0 Å². The number of unbranched alkanes of at least 4 members (excludes halogenated alkanes) is 4. The van der Waals surface area contributed by atoms with Crippen molar-refractivity contribution >= 4 is 15.5 Å². The topological polar surface area (TPSA) is 75.6 Å². The first-order valence-corrected chi connectivity index (χ1v) is 14.6. The molecule has 31 heavy (non-hydrogen) atoms. The SMILES string of the molecule is CCCCOP(=O)(N=P(OCCCC)(OCCCC)Oc1ccccc1)OCCCC. The highest BCUT2D eigenvalue weighted by atomic mass is 31.2. The molecule has 0 saturated heterocycles. The fraction of sp³-hybridized carbons (Fsp3) is 0.727. The summed E-state index contributed by atoms with van der Waals surface area (Å²) in [4.78, 5) is 0. The van der Waals surface area contributed by atoms with E-state index in [9.17, 15) is 4.57 Å². The van der Waals surface area contributed by atoms with Crippen molar-refractivity contribution in [2.45, 2.75) is 79.1 Å². The molecule has 7 nitrogen and oxygen atoms in total. The van der Waals surface area contributed by atoms with E-state index < -0.39 is 15.5 Å². The van der Waals surface area contributed by atoms with Gasteiger partial charge in [-0.2, -0.15) is 0 Å². The van der Waals surface area contributed by atoms with Crippen molar-refractivity contribution in [1.29, 1.82) is 0 Å². The minimum Gasteiger partial charge on any atom is -0.418 e. The zero-order valence-electron chi connectivity index (χ0n) is 19.7. The van der Waals surface area contributed by atoms with Crippen molar-refractivity contribution in [3.8, 4) is 5.75 Å². The lowest BCUT2D eigenvalue weighted by molar-refractivity contribution is 0.180. The average Bonchev–Trinajstić information content (AvgIpc) is 2.75. The van der Waals surface area contributed by atoms with Crippen LogP contribution in [0.1, 0.15) is 79.1 Å². The second-order valence-corrected chi connectivity index (χ2v) is 11.0. The number of hydrogen-bond donors (Lipinski definition) is 0. The summed E-state index contributed by atoms with van der Waals surface area (Å²) in [5, 5.41) is 0. The third kappa shape index (κ3) is 12.2. The number of hydrogen-bond acceptors (Lipinski definition) is 6. The third-order valence-corrected chi connectivity index (χ3v) is 8.42. The molecule has 0 atom stereocenters. The molecule has 0 radical (unpaired) electrons. The number of rotatable bonds is 19. The van der Waals surface area contributed by atoms with E-state index in [4.69, 9.17) is 22.6 Å². The van der Waals surface area contributed by atoms with Gasteiger partial charge < -0.3 is 4.52 Å². The largest absolute Gasteiger partial charge is 0.459 e. The van der Waals surface area contributed by atoms with Crippen molar-refractivity contribution in [3.05, 3.63) is 30.3 Å². The molecule has 0 amide bonds. The molecule has 0 fully saturated rings. The lowest BCUT2D eigenvalue weighted by atomic mass is 10.3. The van der Waals surface area contributed by atoms with E-state index in [1.54, 1.807) is 12.1 Å². The molecule has 1 aromatic carbocycles. The van der Waals surface area contributed by atoms with Crippen LogP contribution in [0.3, 0.4) is 0 Å². The smallest absolute Gasteiger partial charge is 0.418 e. The zero-order chi connectivity index (χ0) is 22.8. The molecule has 0 bridgehead atoms. The highest BCUT2D eigenvalue weighted by Crippen LogP contribution is 2.65. The standard InChI is InChI=1S/C22H41NO6P2/c1-5-9-18-25-30(24,26-19-10-6-2)23-31(27-20-11-7-3,28-21-12-8-4)29-22-16-14-13-15-17-22/h13-17H,5-12,18-21H2,1-4H3. The molecule has 0 spiro atoms. The molecule has 0 heterocycles. The van der Waals surface area contributed by atoms with Crippen LogP contribution in [-0.4, -0.2) is 26.4 Å². The van der Waals surface area contributed by atoms with Gasteiger partial charge in [0.05, 0.1) is 26.4 Å². The van der Waals surface area contributed by atoms with Crippen molar-refractivity contribution < 1.29 is 27.2 Å². The molecule has 0 unspecified atom stereocenters. The van der Waals surface area contributed by atoms with Gasteiger partial charge in [0.2, 0.25) is 0 Å². The highest BCUT2D eigenvalue weighted by molar-refractivity contribution is 7.64. The van der Waals surface area contributed by atoms with Gasteiger partial charge in [-0.1, -0.05) is 71.6 Å². The van der Waals surface area contributed by atoms with Gasteiger partial charge in [0.15, 0.2) is 0 Å². The van der Waals surface area contributed by atoms with E-state index in [1.165, 1.54) is 0 Å².